The van der Waals surface area contributed by atoms with Gasteiger partial charge in [0, 0.05) is 11.4 Å². The SMILES string of the molecule is CCC(CC)(CN)C(=O)Nc1sc(C)c(C)c1C(=O)OC. The van der Waals surface area contributed by atoms with Gasteiger partial charge in [0.2, 0.25) is 5.91 Å². The molecule has 0 saturated heterocycles. The Balaban J connectivity index is 3.16. The minimum Gasteiger partial charge on any atom is -0.465 e. The molecule has 0 spiro atoms. The van der Waals surface area contributed by atoms with E-state index in [1.165, 1.54) is 18.4 Å². The lowest BCUT2D eigenvalue weighted by Gasteiger charge is -2.28. The third-order valence-electron chi connectivity index (χ3n) is 4.23. The fourth-order valence-corrected chi connectivity index (χ4v) is 3.29. The lowest BCUT2D eigenvalue weighted by atomic mass is 9.81. The Labute approximate surface area is 129 Å². The van der Waals surface area contributed by atoms with Crippen molar-refractivity contribution in [2.75, 3.05) is 19.0 Å². The highest BCUT2D eigenvalue weighted by Crippen LogP contribution is 2.35. The fourth-order valence-electron chi connectivity index (χ4n) is 2.25. The average molecular weight is 312 g/mol. The van der Waals surface area contributed by atoms with Gasteiger partial charge >= 0.3 is 5.97 Å². The van der Waals surface area contributed by atoms with Crippen LogP contribution in [0.2, 0.25) is 0 Å². The molecule has 1 heterocycles. The number of esters is 1. The zero-order valence-electron chi connectivity index (χ0n) is 13.3. The van der Waals surface area contributed by atoms with E-state index < -0.39 is 11.4 Å². The van der Waals surface area contributed by atoms with E-state index in [0.29, 0.717) is 23.4 Å². The number of ether oxygens (including phenoxy) is 1. The van der Waals surface area contributed by atoms with Crippen LogP contribution in [-0.4, -0.2) is 25.5 Å². The van der Waals surface area contributed by atoms with Crippen LogP contribution < -0.4 is 11.1 Å². The van der Waals surface area contributed by atoms with Crippen LogP contribution in [0, 0.1) is 19.3 Å². The van der Waals surface area contributed by atoms with Gasteiger partial charge in [-0.25, -0.2) is 4.79 Å². The molecule has 0 aliphatic carbocycles. The van der Waals surface area contributed by atoms with Gasteiger partial charge in [-0.15, -0.1) is 11.3 Å². The largest absolute Gasteiger partial charge is 0.465 e. The number of anilines is 1. The van der Waals surface area contributed by atoms with Crippen molar-refractivity contribution in [1.82, 2.24) is 0 Å². The number of nitrogens with two attached hydrogens (primary N) is 1. The summed E-state index contributed by atoms with van der Waals surface area (Å²) in [5.74, 6) is -0.570. The highest BCUT2D eigenvalue weighted by molar-refractivity contribution is 7.16. The Kier molecular flexibility index (Phi) is 5.92. The predicted octanol–water partition coefficient (Wildman–Crippen LogP) is 2.86. The van der Waals surface area contributed by atoms with E-state index in [4.69, 9.17) is 10.5 Å². The molecule has 0 fully saturated rings. The van der Waals surface area contributed by atoms with Crippen molar-refractivity contribution in [3.8, 4) is 0 Å². The first-order valence-corrected chi connectivity index (χ1v) is 7.88. The molecule has 0 aliphatic rings. The minimum absolute atomic E-state index is 0.138. The number of aryl methyl sites for hydroxylation is 1. The molecule has 0 bridgehead atoms. The van der Waals surface area contributed by atoms with Gasteiger partial charge in [0.25, 0.3) is 0 Å². The molecule has 1 aromatic heterocycles. The fraction of sp³-hybridized carbons (Fsp3) is 0.600. The van der Waals surface area contributed by atoms with E-state index in [2.05, 4.69) is 5.32 Å². The van der Waals surface area contributed by atoms with E-state index in [9.17, 15) is 9.59 Å². The van der Waals surface area contributed by atoms with Crippen LogP contribution in [0.25, 0.3) is 0 Å². The summed E-state index contributed by atoms with van der Waals surface area (Å²) in [5.41, 5.74) is 6.47. The molecule has 1 aromatic rings. The highest BCUT2D eigenvalue weighted by Gasteiger charge is 2.34. The number of carbonyl (C=O) groups excluding carboxylic acids is 2. The maximum Gasteiger partial charge on any atom is 0.341 e. The van der Waals surface area contributed by atoms with E-state index in [0.717, 1.165) is 10.4 Å². The summed E-state index contributed by atoms with van der Waals surface area (Å²) in [7, 11) is 1.34. The van der Waals surface area contributed by atoms with Crippen LogP contribution >= 0.6 is 11.3 Å². The second-order valence-corrected chi connectivity index (χ2v) is 6.35. The van der Waals surface area contributed by atoms with Gasteiger partial charge in [-0.05, 0) is 32.3 Å². The van der Waals surface area contributed by atoms with E-state index in [1.54, 1.807) is 0 Å². The number of nitrogens with one attached hydrogen (secondary N) is 1. The molecular weight excluding hydrogens is 288 g/mol. The van der Waals surface area contributed by atoms with Crippen molar-refractivity contribution >= 4 is 28.2 Å². The second kappa shape index (κ2) is 7.04. The molecule has 0 atom stereocenters. The summed E-state index contributed by atoms with van der Waals surface area (Å²) < 4.78 is 4.81. The monoisotopic (exact) mass is 312 g/mol. The summed E-state index contributed by atoms with van der Waals surface area (Å²) in [6, 6.07) is 0. The van der Waals surface area contributed by atoms with Crippen LogP contribution in [0.4, 0.5) is 5.00 Å². The van der Waals surface area contributed by atoms with Crippen molar-refractivity contribution in [2.45, 2.75) is 40.5 Å². The lowest BCUT2D eigenvalue weighted by Crippen LogP contribution is -2.41. The summed E-state index contributed by atoms with van der Waals surface area (Å²) >= 11 is 1.39. The van der Waals surface area contributed by atoms with Crippen LogP contribution in [0.3, 0.4) is 0 Å². The molecule has 1 amide bonds. The van der Waals surface area contributed by atoms with E-state index in [-0.39, 0.29) is 12.5 Å². The first-order chi connectivity index (χ1) is 9.86. The minimum atomic E-state index is -0.598. The molecule has 0 aliphatic heterocycles. The van der Waals surface area contributed by atoms with Gasteiger partial charge in [0.05, 0.1) is 18.1 Å². The normalized spacial score (nSPS) is 11.3. The number of rotatable bonds is 6. The summed E-state index contributed by atoms with van der Waals surface area (Å²) in [6.07, 6.45) is 1.31. The van der Waals surface area contributed by atoms with Crippen LogP contribution in [0.5, 0.6) is 0 Å². The van der Waals surface area contributed by atoms with E-state index in [1.807, 2.05) is 27.7 Å². The summed E-state index contributed by atoms with van der Waals surface area (Å²) in [6.45, 7) is 7.94. The number of hydrogen-bond acceptors (Lipinski definition) is 5. The zero-order valence-corrected chi connectivity index (χ0v) is 14.1. The highest BCUT2D eigenvalue weighted by atomic mass is 32.1. The number of methoxy groups -OCH3 is 1. The third kappa shape index (κ3) is 3.27. The standard InChI is InChI=1S/C15H24N2O3S/c1-6-15(7-2,8-16)14(19)17-12-11(13(18)20-5)9(3)10(4)21-12/h6-8,16H2,1-5H3,(H,17,19). The zero-order chi connectivity index (χ0) is 16.2. The summed E-state index contributed by atoms with van der Waals surface area (Å²) in [5, 5.41) is 3.42. The van der Waals surface area contributed by atoms with Gasteiger partial charge in [-0.2, -0.15) is 0 Å². The summed E-state index contributed by atoms with van der Waals surface area (Å²) in [4.78, 5) is 25.5. The number of hydrogen-bond donors (Lipinski definition) is 2. The number of thiophene rings is 1. The van der Waals surface area contributed by atoms with Crippen molar-refractivity contribution < 1.29 is 14.3 Å². The van der Waals surface area contributed by atoms with Gasteiger partial charge in [-0.3, -0.25) is 4.79 Å². The van der Waals surface area contributed by atoms with Crippen molar-refractivity contribution in [3.63, 3.8) is 0 Å². The molecule has 21 heavy (non-hydrogen) atoms. The van der Waals surface area contributed by atoms with E-state index >= 15 is 0 Å². The Morgan fingerprint density at radius 3 is 2.29 bits per heavy atom. The topological polar surface area (TPSA) is 81.4 Å². The molecular formula is C15H24N2O3S. The van der Waals surface area contributed by atoms with Gasteiger partial charge < -0.3 is 15.8 Å². The molecule has 0 unspecified atom stereocenters. The second-order valence-electron chi connectivity index (χ2n) is 5.12. The Hall–Kier alpha value is -1.40. The van der Waals surface area contributed by atoms with Gasteiger partial charge in [0.15, 0.2) is 0 Å². The first kappa shape index (κ1) is 17.7. The predicted molar refractivity (Wildman–Crippen MR) is 85.8 cm³/mol. The maximum atomic E-state index is 12.6. The first-order valence-electron chi connectivity index (χ1n) is 7.06. The molecule has 1 rings (SSSR count). The average Bonchev–Trinajstić information content (AvgIpc) is 2.75. The molecule has 0 saturated carbocycles. The third-order valence-corrected chi connectivity index (χ3v) is 5.35. The van der Waals surface area contributed by atoms with Crippen molar-refractivity contribution in [3.05, 3.63) is 16.0 Å². The Morgan fingerprint density at radius 2 is 1.86 bits per heavy atom. The van der Waals surface area contributed by atoms with Crippen LogP contribution in [0.15, 0.2) is 0 Å². The van der Waals surface area contributed by atoms with Crippen molar-refractivity contribution in [2.24, 2.45) is 11.1 Å². The lowest BCUT2D eigenvalue weighted by molar-refractivity contribution is -0.125. The quantitative estimate of drug-likeness (QED) is 0.791. The smallest absolute Gasteiger partial charge is 0.341 e. The van der Waals surface area contributed by atoms with Crippen molar-refractivity contribution in [1.29, 1.82) is 0 Å². The maximum absolute atomic E-state index is 12.6. The molecule has 5 nitrogen and oxygen atoms in total. The van der Waals surface area contributed by atoms with Crippen LogP contribution in [0.1, 0.15) is 47.5 Å². The van der Waals surface area contributed by atoms with Gasteiger partial charge in [0.1, 0.15) is 5.00 Å². The molecule has 3 N–H and O–H groups in total. The Bertz CT molecular complexity index is 525. The van der Waals surface area contributed by atoms with Crippen LogP contribution in [-0.2, 0) is 9.53 Å². The molecule has 0 aromatic carbocycles. The molecule has 118 valence electrons. The number of amides is 1. The van der Waals surface area contributed by atoms with Gasteiger partial charge in [-0.1, -0.05) is 13.8 Å². The number of carbonyl (C=O) groups is 2. The Morgan fingerprint density at radius 1 is 1.29 bits per heavy atom. The molecule has 0 radical (unpaired) electrons. The molecule has 6 heteroatoms.